The van der Waals surface area contributed by atoms with E-state index in [9.17, 15) is 24.8 Å². The fourth-order valence-corrected chi connectivity index (χ4v) is 5.95. The van der Waals surface area contributed by atoms with Gasteiger partial charge in [0.15, 0.2) is 0 Å². The fourth-order valence-electron chi connectivity index (χ4n) is 5.95. The minimum atomic E-state index is -1.29. The van der Waals surface area contributed by atoms with Gasteiger partial charge >= 0.3 is 5.69 Å². The van der Waals surface area contributed by atoms with E-state index in [2.05, 4.69) is 16.7 Å². The first kappa shape index (κ1) is 31.6. The maximum Gasteiger partial charge on any atom is 0.330 e. The van der Waals surface area contributed by atoms with Crippen LogP contribution in [0, 0.1) is 17.2 Å². The van der Waals surface area contributed by atoms with Crippen LogP contribution in [0.1, 0.15) is 46.1 Å². The van der Waals surface area contributed by atoms with E-state index in [1.807, 2.05) is 31.2 Å². The van der Waals surface area contributed by atoms with Gasteiger partial charge in [0.05, 0.1) is 37.1 Å². The van der Waals surface area contributed by atoms with E-state index in [-0.39, 0.29) is 18.2 Å². The highest BCUT2D eigenvalue weighted by Gasteiger charge is 2.43. The summed E-state index contributed by atoms with van der Waals surface area (Å²) < 4.78 is 13.1. The Morgan fingerprint density at radius 3 is 2.76 bits per heavy atom. The zero-order valence-corrected chi connectivity index (χ0v) is 25.6. The summed E-state index contributed by atoms with van der Waals surface area (Å²) in [4.78, 5) is 44.2. The summed E-state index contributed by atoms with van der Waals surface area (Å²) >= 11 is 0. The number of rotatable bonds is 8. The number of amides is 1. The van der Waals surface area contributed by atoms with Gasteiger partial charge in [-0.2, -0.15) is 5.26 Å². The summed E-state index contributed by atoms with van der Waals surface area (Å²) in [6.45, 7) is 3.11. The summed E-state index contributed by atoms with van der Waals surface area (Å²) in [6, 6.07) is 12.9. The van der Waals surface area contributed by atoms with Crippen LogP contribution >= 0.6 is 0 Å². The number of aryl methyl sites for hydroxylation is 1. The summed E-state index contributed by atoms with van der Waals surface area (Å²) in [5.41, 5.74) is 0.347. The van der Waals surface area contributed by atoms with Crippen molar-refractivity contribution in [1.29, 1.82) is 5.26 Å². The van der Waals surface area contributed by atoms with Crippen LogP contribution in [0.5, 0.6) is 5.88 Å². The number of pyridine rings is 1. The van der Waals surface area contributed by atoms with Crippen LogP contribution < -0.4 is 26.6 Å². The van der Waals surface area contributed by atoms with Gasteiger partial charge in [-0.3, -0.25) is 14.2 Å². The average Bonchev–Trinajstić information content (AvgIpc) is 3.05. The van der Waals surface area contributed by atoms with E-state index in [4.69, 9.17) is 14.5 Å². The molecule has 0 bridgehead atoms. The number of nitrogens with one attached hydrogen (secondary N) is 2. The van der Waals surface area contributed by atoms with Gasteiger partial charge in [0, 0.05) is 51.0 Å². The third-order valence-corrected chi connectivity index (χ3v) is 8.59. The Hall–Kier alpha value is -4.83. The van der Waals surface area contributed by atoms with E-state index in [1.54, 1.807) is 30.4 Å². The first-order valence-corrected chi connectivity index (χ1v) is 14.6. The van der Waals surface area contributed by atoms with Crippen molar-refractivity contribution in [3.8, 4) is 11.9 Å². The smallest absolute Gasteiger partial charge is 0.330 e. The molecule has 3 heterocycles. The molecule has 1 fully saturated rings. The largest absolute Gasteiger partial charge is 0.481 e. The SMILES string of the molecule is COc1nc(C2(NC(=O)c3cn(C)c(=O)n(C)c3=O)C=CC=C(c3ccccc3C#N)C2C)ccc1CN[C@@H]1CCOC[C@@H]1O. The molecule has 45 heavy (non-hydrogen) atoms. The van der Waals surface area contributed by atoms with Gasteiger partial charge in [-0.15, -0.1) is 0 Å². The molecule has 1 aliphatic heterocycles. The van der Waals surface area contributed by atoms with Crippen molar-refractivity contribution in [3.05, 3.63) is 110 Å². The number of aliphatic hydroxyl groups excluding tert-OH is 1. The lowest BCUT2D eigenvalue weighted by Gasteiger charge is -2.40. The number of allylic oxidation sites excluding steroid dienone is 2. The van der Waals surface area contributed by atoms with Crippen LogP contribution in [-0.2, 0) is 30.9 Å². The molecule has 4 atom stereocenters. The lowest BCUT2D eigenvalue weighted by Crippen LogP contribution is -2.52. The van der Waals surface area contributed by atoms with Gasteiger partial charge in [-0.25, -0.2) is 9.78 Å². The number of hydrogen-bond acceptors (Lipinski definition) is 9. The van der Waals surface area contributed by atoms with Crippen molar-refractivity contribution in [2.75, 3.05) is 20.3 Å². The molecule has 3 N–H and O–H groups in total. The Labute approximate surface area is 260 Å². The maximum atomic E-state index is 13.9. The van der Waals surface area contributed by atoms with Gasteiger partial charge in [0.2, 0.25) is 5.88 Å². The van der Waals surface area contributed by atoms with Crippen molar-refractivity contribution in [2.24, 2.45) is 20.0 Å². The van der Waals surface area contributed by atoms with E-state index in [0.717, 1.165) is 15.7 Å². The van der Waals surface area contributed by atoms with Gasteiger partial charge < -0.3 is 29.8 Å². The van der Waals surface area contributed by atoms with Gasteiger partial charge in [-0.05, 0) is 29.7 Å². The molecule has 1 aromatic carbocycles. The number of methoxy groups -OCH3 is 1. The third kappa shape index (κ3) is 5.98. The summed E-state index contributed by atoms with van der Waals surface area (Å²) in [5, 5.41) is 26.6. The molecular weight excluding hydrogens is 576 g/mol. The standard InChI is InChI=1S/C33H36N6O6/c1-20-23(24-9-6-5-8-21(24)16-34)10-7-14-33(20,37-29(41)25-18-38(2)32(43)39(3)31(25)42)28-12-11-22(30(36-28)44-4)17-35-26-13-15-45-19-27(26)40/h5-12,14,18,20,26-27,35,40H,13,15,17,19H2,1-4H3,(H,37,41)/t20?,26-,27+,33?/m1/s1. The first-order chi connectivity index (χ1) is 21.6. The molecule has 0 spiro atoms. The second kappa shape index (κ2) is 13.0. The normalized spacial score (nSPS) is 22.8. The number of nitrogens with zero attached hydrogens (tertiary/aromatic N) is 4. The minimum Gasteiger partial charge on any atom is -0.481 e. The fraction of sp³-hybridized carbons (Fsp3) is 0.364. The second-order valence-corrected chi connectivity index (χ2v) is 11.3. The number of aliphatic hydroxyl groups is 1. The summed E-state index contributed by atoms with van der Waals surface area (Å²) in [7, 11) is 4.29. The molecular formula is C33H36N6O6. The zero-order chi connectivity index (χ0) is 32.3. The monoisotopic (exact) mass is 612 g/mol. The van der Waals surface area contributed by atoms with E-state index < -0.39 is 34.7 Å². The van der Waals surface area contributed by atoms with Crippen molar-refractivity contribution in [1.82, 2.24) is 24.8 Å². The molecule has 12 heteroatoms. The molecule has 12 nitrogen and oxygen atoms in total. The average molecular weight is 613 g/mol. The second-order valence-electron chi connectivity index (χ2n) is 11.3. The number of carbonyl (C=O) groups is 1. The van der Waals surface area contributed by atoms with Crippen LogP contribution in [0.25, 0.3) is 5.57 Å². The molecule has 2 unspecified atom stereocenters. The van der Waals surface area contributed by atoms with E-state index in [0.29, 0.717) is 42.3 Å². The Balaban J connectivity index is 1.58. The summed E-state index contributed by atoms with van der Waals surface area (Å²) in [6.07, 6.45) is 6.74. The third-order valence-electron chi connectivity index (χ3n) is 8.59. The number of hydrogen-bond donors (Lipinski definition) is 3. The van der Waals surface area contributed by atoms with Crippen LogP contribution in [-0.4, -0.2) is 57.6 Å². The van der Waals surface area contributed by atoms with Crippen molar-refractivity contribution >= 4 is 11.5 Å². The molecule has 1 saturated heterocycles. The molecule has 2 aliphatic rings. The molecule has 2 aromatic heterocycles. The topological polar surface area (TPSA) is 160 Å². The molecule has 234 valence electrons. The molecule has 5 rings (SSSR count). The number of nitriles is 1. The van der Waals surface area contributed by atoms with E-state index >= 15 is 0 Å². The first-order valence-electron chi connectivity index (χ1n) is 14.6. The predicted octanol–water partition coefficient (Wildman–Crippen LogP) is 1.51. The number of ether oxygens (including phenoxy) is 2. The Morgan fingerprint density at radius 1 is 1.24 bits per heavy atom. The zero-order valence-electron chi connectivity index (χ0n) is 25.6. The highest BCUT2D eigenvalue weighted by molar-refractivity contribution is 5.95. The number of carbonyl (C=O) groups excluding carboxylic acids is 1. The van der Waals surface area contributed by atoms with Crippen molar-refractivity contribution in [3.63, 3.8) is 0 Å². The Bertz CT molecular complexity index is 1840. The van der Waals surface area contributed by atoms with Crippen LogP contribution in [0.3, 0.4) is 0 Å². The Kier molecular flexibility index (Phi) is 9.15. The Morgan fingerprint density at radius 2 is 2.02 bits per heavy atom. The van der Waals surface area contributed by atoms with Gasteiger partial charge in [-0.1, -0.05) is 49.4 Å². The van der Waals surface area contributed by atoms with E-state index in [1.165, 1.54) is 32.0 Å². The van der Waals surface area contributed by atoms with Gasteiger partial charge in [0.1, 0.15) is 11.1 Å². The lowest BCUT2D eigenvalue weighted by molar-refractivity contribution is -0.0281. The highest BCUT2D eigenvalue weighted by atomic mass is 16.5. The van der Waals surface area contributed by atoms with Crippen LogP contribution in [0.15, 0.2) is 70.4 Å². The predicted molar refractivity (Wildman–Crippen MR) is 166 cm³/mol. The molecule has 1 aliphatic carbocycles. The summed E-state index contributed by atoms with van der Waals surface area (Å²) in [5.74, 6) is -0.851. The molecule has 0 radical (unpaired) electrons. The van der Waals surface area contributed by atoms with Crippen LogP contribution in [0.4, 0.5) is 0 Å². The quantitative estimate of drug-likeness (QED) is 0.343. The van der Waals surface area contributed by atoms with Crippen molar-refractivity contribution < 1.29 is 19.4 Å². The molecule has 1 amide bonds. The van der Waals surface area contributed by atoms with Crippen molar-refractivity contribution in [2.45, 2.75) is 37.6 Å². The minimum absolute atomic E-state index is 0.146. The molecule has 0 saturated carbocycles. The lowest BCUT2D eigenvalue weighted by atomic mass is 9.71. The number of aromatic nitrogens is 3. The van der Waals surface area contributed by atoms with Gasteiger partial charge in [0.25, 0.3) is 11.5 Å². The maximum absolute atomic E-state index is 13.9. The number of benzene rings is 1. The van der Waals surface area contributed by atoms with Crippen LogP contribution in [0.2, 0.25) is 0 Å². The highest BCUT2D eigenvalue weighted by Crippen LogP contribution is 2.43. The molecule has 3 aromatic rings.